The molecule has 2 aromatic rings. The van der Waals surface area contributed by atoms with Gasteiger partial charge in [0.15, 0.2) is 0 Å². The van der Waals surface area contributed by atoms with Gasteiger partial charge in [0.05, 0.1) is 11.5 Å². The molecule has 130 valence electrons. The van der Waals surface area contributed by atoms with Crippen molar-refractivity contribution < 1.29 is 14.3 Å². The van der Waals surface area contributed by atoms with Crippen LogP contribution in [-0.2, 0) is 4.79 Å². The van der Waals surface area contributed by atoms with Gasteiger partial charge in [0.2, 0.25) is 0 Å². The van der Waals surface area contributed by atoms with E-state index >= 15 is 0 Å². The van der Waals surface area contributed by atoms with Crippen LogP contribution >= 0.6 is 11.8 Å². The fraction of sp³-hybridized carbons (Fsp3) is 0.300. The second-order valence-corrected chi connectivity index (χ2v) is 6.87. The molecular formula is C20H21NO3S. The number of nitrogens with zero attached hydrogens (tertiary/aromatic N) is 1. The monoisotopic (exact) mass is 355 g/mol. The molecule has 0 saturated carbocycles. The normalized spacial score (nSPS) is 16.2. The van der Waals surface area contributed by atoms with Crippen LogP contribution < -0.4 is 4.74 Å². The molecule has 0 spiro atoms. The summed E-state index contributed by atoms with van der Waals surface area (Å²) in [4.78, 5) is 26.4. The third kappa shape index (κ3) is 3.56. The summed E-state index contributed by atoms with van der Waals surface area (Å²) in [6.07, 6.45) is 3.46. The molecule has 4 nitrogen and oxygen atoms in total. The third-order valence-electron chi connectivity index (χ3n) is 3.99. The van der Waals surface area contributed by atoms with Crippen LogP contribution in [0.5, 0.6) is 5.75 Å². The molecule has 1 aliphatic heterocycles. The number of imide groups is 1. The Morgan fingerprint density at radius 2 is 1.88 bits per heavy atom. The quantitative estimate of drug-likeness (QED) is 0.678. The topological polar surface area (TPSA) is 46.6 Å². The van der Waals surface area contributed by atoms with Gasteiger partial charge in [-0.1, -0.05) is 44.2 Å². The Labute approximate surface area is 151 Å². The maximum absolute atomic E-state index is 12.5. The van der Waals surface area contributed by atoms with E-state index in [-0.39, 0.29) is 11.1 Å². The number of fused-ring (bicyclic) bond motifs is 1. The highest BCUT2D eigenvalue weighted by Gasteiger charge is 2.34. The molecule has 0 bridgehead atoms. The molecule has 0 atom stereocenters. The summed E-state index contributed by atoms with van der Waals surface area (Å²) in [5.74, 6) is 0.522. The minimum Gasteiger partial charge on any atom is -0.493 e. The van der Waals surface area contributed by atoms with Gasteiger partial charge in [0.1, 0.15) is 5.75 Å². The zero-order valence-corrected chi connectivity index (χ0v) is 15.3. The maximum atomic E-state index is 12.5. The Bertz CT molecular complexity index is 844. The summed E-state index contributed by atoms with van der Waals surface area (Å²) >= 11 is 1.00. The van der Waals surface area contributed by atoms with E-state index in [0.717, 1.165) is 46.7 Å². The standard InChI is InChI=1S/C20H21NO3S/c1-3-11-21-19(22)18(25-20(21)23)13-16-15-8-6-5-7-14(15)9-10-17(16)24-12-4-2/h5-10,13H,3-4,11-12H2,1-2H3/b18-13-. The number of hydrogen-bond acceptors (Lipinski definition) is 4. The lowest BCUT2D eigenvalue weighted by Crippen LogP contribution is -2.28. The van der Waals surface area contributed by atoms with Crippen LogP contribution in [0.2, 0.25) is 0 Å². The third-order valence-corrected chi connectivity index (χ3v) is 4.90. The van der Waals surface area contributed by atoms with Crippen LogP contribution in [-0.4, -0.2) is 29.2 Å². The summed E-state index contributed by atoms with van der Waals surface area (Å²) in [5.41, 5.74) is 0.855. The lowest BCUT2D eigenvalue weighted by atomic mass is 10.0. The highest BCUT2D eigenvalue weighted by Crippen LogP contribution is 2.36. The maximum Gasteiger partial charge on any atom is 0.293 e. The number of rotatable bonds is 6. The van der Waals surface area contributed by atoms with Crippen LogP contribution in [0.1, 0.15) is 32.3 Å². The van der Waals surface area contributed by atoms with Gasteiger partial charge in [-0.25, -0.2) is 0 Å². The predicted octanol–water partition coefficient (Wildman–Crippen LogP) is 5.07. The van der Waals surface area contributed by atoms with Gasteiger partial charge in [-0.15, -0.1) is 0 Å². The van der Waals surface area contributed by atoms with Crippen molar-refractivity contribution in [3.05, 3.63) is 46.9 Å². The fourth-order valence-electron chi connectivity index (χ4n) is 2.81. The molecule has 0 aromatic heterocycles. The smallest absolute Gasteiger partial charge is 0.293 e. The van der Waals surface area contributed by atoms with E-state index in [2.05, 4.69) is 6.92 Å². The molecule has 1 aliphatic rings. The molecular weight excluding hydrogens is 334 g/mol. The number of carbonyl (C=O) groups excluding carboxylic acids is 2. The van der Waals surface area contributed by atoms with E-state index in [1.165, 1.54) is 4.90 Å². The molecule has 0 unspecified atom stereocenters. The molecule has 0 radical (unpaired) electrons. The van der Waals surface area contributed by atoms with Crippen molar-refractivity contribution in [2.24, 2.45) is 0 Å². The van der Waals surface area contributed by atoms with Crippen molar-refractivity contribution in [2.75, 3.05) is 13.2 Å². The minimum absolute atomic E-state index is 0.200. The largest absolute Gasteiger partial charge is 0.493 e. The molecule has 1 fully saturated rings. The van der Waals surface area contributed by atoms with E-state index in [4.69, 9.17) is 4.74 Å². The van der Waals surface area contributed by atoms with Crippen molar-refractivity contribution in [3.8, 4) is 5.75 Å². The van der Waals surface area contributed by atoms with E-state index in [1.807, 2.05) is 43.3 Å². The summed E-state index contributed by atoms with van der Waals surface area (Å²) in [6, 6.07) is 11.9. The van der Waals surface area contributed by atoms with E-state index in [0.29, 0.717) is 18.1 Å². The van der Waals surface area contributed by atoms with Gasteiger partial charge in [-0.05, 0) is 47.5 Å². The second kappa shape index (κ2) is 7.74. The van der Waals surface area contributed by atoms with Crippen LogP contribution in [0.15, 0.2) is 41.3 Å². The summed E-state index contributed by atoms with van der Waals surface area (Å²) in [5, 5.41) is 1.89. The Morgan fingerprint density at radius 1 is 1.08 bits per heavy atom. The van der Waals surface area contributed by atoms with E-state index in [9.17, 15) is 9.59 Å². The first-order chi connectivity index (χ1) is 12.2. The predicted molar refractivity (Wildman–Crippen MR) is 103 cm³/mol. The van der Waals surface area contributed by atoms with Crippen LogP contribution in [0.3, 0.4) is 0 Å². The number of benzene rings is 2. The Hall–Kier alpha value is -2.27. The molecule has 2 aromatic carbocycles. The number of thioether (sulfide) groups is 1. The van der Waals surface area contributed by atoms with Crippen LogP contribution in [0.25, 0.3) is 16.8 Å². The van der Waals surface area contributed by atoms with Gasteiger partial charge in [-0.3, -0.25) is 14.5 Å². The first-order valence-electron chi connectivity index (χ1n) is 8.55. The molecule has 0 aliphatic carbocycles. The molecule has 0 N–H and O–H groups in total. The van der Waals surface area contributed by atoms with E-state index in [1.54, 1.807) is 6.08 Å². The van der Waals surface area contributed by atoms with Crippen molar-refractivity contribution in [3.63, 3.8) is 0 Å². The molecule has 1 saturated heterocycles. The molecule has 1 heterocycles. The van der Waals surface area contributed by atoms with Gasteiger partial charge >= 0.3 is 0 Å². The Balaban J connectivity index is 2.07. The molecule has 3 rings (SSSR count). The van der Waals surface area contributed by atoms with Crippen molar-refractivity contribution in [2.45, 2.75) is 26.7 Å². The first kappa shape index (κ1) is 17.5. The molecule has 5 heteroatoms. The van der Waals surface area contributed by atoms with Crippen LogP contribution in [0.4, 0.5) is 4.79 Å². The fourth-order valence-corrected chi connectivity index (χ4v) is 3.66. The number of amides is 2. The SMILES string of the molecule is CCCOc1ccc2ccccc2c1/C=C1\SC(=O)N(CCC)C1=O. The van der Waals surface area contributed by atoms with Gasteiger partial charge in [0.25, 0.3) is 11.1 Å². The van der Waals surface area contributed by atoms with Crippen molar-refractivity contribution in [1.82, 2.24) is 4.90 Å². The van der Waals surface area contributed by atoms with Gasteiger partial charge < -0.3 is 4.74 Å². The zero-order valence-electron chi connectivity index (χ0n) is 14.5. The zero-order chi connectivity index (χ0) is 17.8. The number of ether oxygens (including phenoxy) is 1. The highest BCUT2D eigenvalue weighted by atomic mass is 32.2. The molecule has 2 amide bonds. The van der Waals surface area contributed by atoms with Crippen molar-refractivity contribution in [1.29, 1.82) is 0 Å². The van der Waals surface area contributed by atoms with Gasteiger partial charge in [0, 0.05) is 12.1 Å². The average Bonchev–Trinajstić information content (AvgIpc) is 2.89. The lowest BCUT2D eigenvalue weighted by molar-refractivity contribution is -0.122. The first-order valence-corrected chi connectivity index (χ1v) is 9.37. The summed E-state index contributed by atoms with van der Waals surface area (Å²) in [6.45, 7) is 5.07. The van der Waals surface area contributed by atoms with Gasteiger partial charge in [-0.2, -0.15) is 0 Å². The summed E-state index contributed by atoms with van der Waals surface area (Å²) in [7, 11) is 0. The number of carbonyl (C=O) groups is 2. The van der Waals surface area contributed by atoms with Crippen LogP contribution in [0, 0.1) is 0 Å². The highest BCUT2D eigenvalue weighted by molar-refractivity contribution is 8.18. The van der Waals surface area contributed by atoms with Crippen molar-refractivity contribution >= 4 is 39.8 Å². The van der Waals surface area contributed by atoms with E-state index < -0.39 is 0 Å². The Morgan fingerprint density at radius 3 is 2.64 bits per heavy atom. The summed E-state index contributed by atoms with van der Waals surface area (Å²) < 4.78 is 5.88. The number of hydrogen-bond donors (Lipinski definition) is 0. The molecule has 25 heavy (non-hydrogen) atoms. The second-order valence-electron chi connectivity index (χ2n) is 5.88. The average molecular weight is 355 g/mol. The lowest BCUT2D eigenvalue weighted by Gasteiger charge is -2.12. The Kier molecular flexibility index (Phi) is 5.43. The minimum atomic E-state index is -0.216.